The van der Waals surface area contributed by atoms with Crippen LogP contribution in [0.5, 0.6) is 0 Å². The van der Waals surface area contributed by atoms with Crippen LogP contribution in [0, 0.1) is 0 Å². The molecule has 3 aromatic rings. The Bertz CT molecular complexity index is 660. The minimum Gasteiger partial charge on any atom is -0.284 e. The van der Waals surface area contributed by atoms with Crippen molar-refractivity contribution in [3.63, 3.8) is 0 Å². The lowest BCUT2D eigenvalue weighted by Crippen LogP contribution is -1.91. The number of halogens is 2. The standard InChI is InChI=1S/C10H5Cl2N3/c11-6-1-2-8-7(5-6)9(12)14-10-13-3-4-15(8)10/h1-5H. The molecular formula is C10H5Cl2N3. The topological polar surface area (TPSA) is 30.2 Å². The molecule has 74 valence electrons. The number of rotatable bonds is 0. The second kappa shape index (κ2) is 3.08. The van der Waals surface area contributed by atoms with E-state index in [2.05, 4.69) is 9.97 Å². The van der Waals surface area contributed by atoms with Gasteiger partial charge in [-0.3, -0.25) is 4.40 Å². The number of aromatic nitrogens is 3. The van der Waals surface area contributed by atoms with Gasteiger partial charge in [0.05, 0.1) is 5.52 Å². The summed E-state index contributed by atoms with van der Waals surface area (Å²) in [6, 6.07) is 5.52. The van der Waals surface area contributed by atoms with Crippen LogP contribution in [0.25, 0.3) is 16.7 Å². The first-order chi connectivity index (χ1) is 7.25. The van der Waals surface area contributed by atoms with Gasteiger partial charge in [0.15, 0.2) is 0 Å². The van der Waals surface area contributed by atoms with Gasteiger partial charge in [0.2, 0.25) is 5.78 Å². The van der Waals surface area contributed by atoms with Gasteiger partial charge < -0.3 is 0 Å². The van der Waals surface area contributed by atoms with Crippen molar-refractivity contribution in [3.05, 3.63) is 40.8 Å². The monoisotopic (exact) mass is 237 g/mol. The van der Waals surface area contributed by atoms with E-state index in [9.17, 15) is 0 Å². The maximum absolute atomic E-state index is 6.04. The van der Waals surface area contributed by atoms with Crippen LogP contribution in [-0.4, -0.2) is 14.4 Å². The summed E-state index contributed by atoms with van der Waals surface area (Å²) >= 11 is 11.9. The molecule has 0 spiro atoms. The molecule has 0 bridgehead atoms. The number of benzene rings is 1. The SMILES string of the molecule is Clc1ccc2c(c1)c(Cl)nc1nccn12. The molecule has 0 amide bonds. The first-order valence-corrected chi connectivity index (χ1v) is 5.09. The van der Waals surface area contributed by atoms with Gasteiger partial charge in [0, 0.05) is 22.8 Å². The number of hydrogen-bond donors (Lipinski definition) is 0. The second-order valence-electron chi connectivity index (χ2n) is 3.16. The van der Waals surface area contributed by atoms with Crippen LogP contribution in [0.4, 0.5) is 0 Å². The normalized spacial score (nSPS) is 11.3. The Kier molecular flexibility index (Phi) is 1.84. The van der Waals surface area contributed by atoms with Crippen molar-refractivity contribution in [3.8, 4) is 0 Å². The Balaban J connectivity index is 2.61. The van der Waals surface area contributed by atoms with Gasteiger partial charge in [-0.2, -0.15) is 4.98 Å². The molecule has 0 atom stereocenters. The molecule has 0 N–H and O–H groups in total. The third-order valence-corrected chi connectivity index (χ3v) is 2.78. The van der Waals surface area contributed by atoms with Crippen molar-refractivity contribution in [2.75, 3.05) is 0 Å². The Hall–Kier alpha value is -1.32. The summed E-state index contributed by atoms with van der Waals surface area (Å²) < 4.78 is 1.87. The first-order valence-electron chi connectivity index (χ1n) is 4.33. The molecule has 3 nitrogen and oxygen atoms in total. The summed E-state index contributed by atoms with van der Waals surface area (Å²) in [6.45, 7) is 0. The molecule has 1 aromatic carbocycles. The summed E-state index contributed by atoms with van der Waals surface area (Å²) in [6.07, 6.45) is 3.53. The average molecular weight is 238 g/mol. The van der Waals surface area contributed by atoms with Crippen LogP contribution < -0.4 is 0 Å². The van der Waals surface area contributed by atoms with Gasteiger partial charge >= 0.3 is 0 Å². The van der Waals surface area contributed by atoms with E-state index in [1.807, 2.05) is 22.7 Å². The van der Waals surface area contributed by atoms with Crippen molar-refractivity contribution >= 4 is 39.9 Å². The molecule has 2 aromatic heterocycles. The van der Waals surface area contributed by atoms with Gasteiger partial charge in [0.1, 0.15) is 5.15 Å². The van der Waals surface area contributed by atoms with Gasteiger partial charge in [0.25, 0.3) is 0 Å². The molecule has 0 saturated carbocycles. The van der Waals surface area contributed by atoms with Crippen LogP contribution in [0.1, 0.15) is 0 Å². The zero-order chi connectivity index (χ0) is 10.4. The highest BCUT2D eigenvalue weighted by molar-refractivity contribution is 6.35. The minimum atomic E-state index is 0.422. The number of hydrogen-bond acceptors (Lipinski definition) is 2. The zero-order valence-corrected chi connectivity index (χ0v) is 9.00. The fraction of sp³-hybridized carbons (Fsp3) is 0. The molecule has 15 heavy (non-hydrogen) atoms. The van der Waals surface area contributed by atoms with Crippen molar-refractivity contribution < 1.29 is 0 Å². The van der Waals surface area contributed by atoms with E-state index < -0.39 is 0 Å². The fourth-order valence-electron chi connectivity index (χ4n) is 1.60. The lowest BCUT2D eigenvalue weighted by Gasteiger charge is -2.03. The number of imidazole rings is 1. The molecule has 2 heterocycles. The largest absolute Gasteiger partial charge is 0.284 e. The van der Waals surface area contributed by atoms with E-state index in [0.717, 1.165) is 10.9 Å². The highest BCUT2D eigenvalue weighted by Gasteiger charge is 2.06. The Morgan fingerprint density at radius 3 is 2.93 bits per heavy atom. The van der Waals surface area contributed by atoms with Crippen LogP contribution >= 0.6 is 23.2 Å². The van der Waals surface area contributed by atoms with Crippen LogP contribution in [0.2, 0.25) is 10.2 Å². The summed E-state index contributed by atoms with van der Waals surface area (Å²) in [4.78, 5) is 8.25. The van der Waals surface area contributed by atoms with E-state index in [1.54, 1.807) is 12.3 Å². The van der Waals surface area contributed by atoms with Crippen molar-refractivity contribution in [2.45, 2.75) is 0 Å². The molecule has 0 aliphatic rings. The van der Waals surface area contributed by atoms with Crippen LogP contribution in [0.3, 0.4) is 0 Å². The Morgan fingerprint density at radius 2 is 2.07 bits per heavy atom. The third-order valence-electron chi connectivity index (χ3n) is 2.26. The van der Waals surface area contributed by atoms with Crippen LogP contribution in [0.15, 0.2) is 30.6 Å². The lowest BCUT2D eigenvalue weighted by molar-refractivity contribution is 1.17. The number of fused-ring (bicyclic) bond motifs is 3. The summed E-state index contributed by atoms with van der Waals surface area (Å²) in [7, 11) is 0. The number of nitrogens with zero attached hydrogens (tertiary/aromatic N) is 3. The maximum atomic E-state index is 6.04. The fourth-order valence-corrected chi connectivity index (χ4v) is 2.00. The van der Waals surface area contributed by atoms with E-state index in [4.69, 9.17) is 23.2 Å². The Morgan fingerprint density at radius 1 is 1.20 bits per heavy atom. The molecule has 0 radical (unpaired) electrons. The summed E-state index contributed by atoms with van der Waals surface area (Å²) in [5.74, 6) is 0.592. The van der Waals surface area contributed by atoms with Gasteiger partial charge in [-0.15, -0.1) is 0 Å². The van der Waals surface area contributed by atoms with Crippen LogP contribution in [-0.2, 0) is 0 Å². The Labute approximate surface area is 95.3 Å². The summed E-state index contributed by atoms with van der Waals surface area (Å²) in [5.41, 5.74) is 0.951. The average Bonchev–Trinajstić information content (AvgIpc) is 2.66. The van der Waals surface area contributed by atoms with Crippen molar-refractivity contribution in [2.24, 2.45) is 0 Å². The van der Waals surface area contributed by atoms with Crippen molar-refractivity contribution in [1.82, 2.24) is 14.4 Å². The predicted molar refractivity (Wildman–Crippen MR) is 60.5 cm³/mol. The molecule has 5 heteroatoms. The highest BCUT2D eigenvalue weighted by Crippen LogP contribution is 2.25. The van der Waals surface area contributed by atoms with Gasteiger partial charge in [-0.25, -0.2) is 4.98 Å². The zero-order valence-electron chi connectivity index (χ0n) is 7.48. The predicted octanol–water partition coefficient (Wildman–Crippen LogP) is 3.19. The first kappa shape index (κ1) is 8.95. The van der Waals surface area contributed by atoms with Gasteiger partial charge in [-0.1, -0.05) is 23.2 Å². The molecule has 0 aliphatic carbocycles. The van der Waals surface area contributed by atoms with Crippen molar-refractivity contribution in [1.29, 1.82) is 0 Å². The van der Waals surface area contributed by atoms with E-state index >= 15 is 0 Å². The smallest absolute Gasteiger partial charge is 0.235 e. The molecule has 0 aliphatic heterocycles. The molecular weight excluding hydrogens is 233 g/mol. The molecule has 0 unspecified atom stereocenters. The van der Waals surface area contributed by atoms with E-state index in [1.165, 1.54) is 0 Å². The lowest BCUT2D eigenvalue weighted by atomic mass is 10.2. The van der Waals surface area contributed by atoms with E-state index in [0.29, 0.717) is 16.0 Å². The molecule has 0 fully saturated rings. The summed E-state index contributed by atoms with van der Waals surface area (Å²) in [5, 5.41) is 1.89. The minimum absolute atomic E-state index is 0.422. The molecule has 0 saturated heterocycles. The third kappa shape index (κ3) is 1.28. The second-order valence-corrected chi connectivity index (χ2v) is 3.96. The maximum Gasteiger partial charge on any atom is 0.235 e. The quantitative estimate of drug-likeness (QED) is 0.563. The molecule has 3 rings (SSSR count). The van der Waals surface area contributed by atoms with E-state index in [-0.39, 0.29) is 0 Å². The van der Waals surface area contributed by atoms with Gasteiger partial charge in [-0.05, 0) is 18.2 Å². The highest BCUT2D eigenvalue weighted by atomic mass is 35.5.